The van der Waals surface area contributed by atoms with Crippen molar-refractivity contribution in [1.82, 2.24) is 0 Å². The lowest BCUT2D eigenvalue weighted by Gasteiger charge is -1.96. The van der Waals surface area contributed by atoms with Gasteiger partial charge in [-0.1, -0.05) is 12.7 Å². The van der Waals surface area contributed by atoms with Crippen molar-refractivity contribution < 1.29 is 9.53 Å². The molecule has 1 aliphatic rings. The summed E-state index contributed by atoms with van der Waals surface area (Å²) in [5.74, 6) is 0. The molecule has 0 bridgehead atoms. The van der Waals surface area contributed by atoms with E-state index in [1.165, 1.54) is 0 Å². The first-order valence-corrected chi connectivity index (χ1v) is 2.79. The van der Waals surface area contributed by atoms with E-state index in [4.69, 9.17) is 4.74 Å². The Hall–Kier alpha value is -1.05. The van der Waals surface area contributed by atoms with Crippen LogP contribution in [0, 0.1) is 0 Å². The van der Waals surface area contributed by atoms with E-state index in [1.807, 2.05) is 0 Å². The molecule has 0 N–H and O–H groups in total. The Balaban J connectivity index is 2.48. The summed E-state index contributed by atoms with van der Waals surface area (Å²) in [6, 6.07) is 0. The molecule has 0 radical (unpaired) electrons. The molecule has 0 fully saturated rings. The van der Waals surface area contributed by atoms with Gasteiger partial charge in [-0.05, 0) is 5.57 Å². The first kappa shape index (κ1) is 6.08. The molecule has 0 aromatic heterocycles. The Labute approximate surface area is 53.8 Å². The number of ether oxygens (including phenoxy) is 1. The van der Waals surface area contributed by atoms with Crippen LogP contribution in [0.3, 0.4) is 0 Å². The molecular formula is C7H8O2. The average Bonchev–Trinajstić information content (AvgIpc) is 2.34. The Morgan fingerprint density at radius 3 is 3.00 bits per heavy atom. The van der Waals surface area contributed by atoms with Crippen LogP contribution in [0.25, 0.3) is 0 Å². The highest BCUT2D eigenvalue weighted by Crippen LogP contribution is 2.16. The fourth-order valence-electron chi connectivity index (χ4n) is 0.715. The number of aldehydes is 1. The largest absolute Gasteiger partial charge is 0.490 e. The van der Waals surface area contributed by atoms with Gasteiger partial charge in [-0.25, -0.2) is 0 Å². The first-order chi connectivity index (χ1) is 4.36. The van der Waals surface area contributed by atoms with E-state index in [9.17, 15) is 4.79 Å². The highest BCUT2D eigenvalue weighted by atomic mass is 16.5. The maximum Gasteiger partial charge on any atom is 0.160 e. The van der Waals surface area contributed by atoms with Crippen LogP contribution in [0.1, 0.15) is 6.42 Å². The van der Waals surface area contributed by atoms with Crippen molar-refractivity contribution in [2.45, 2.75) is 12.5 Å². The van der Waals surface area contributed by atoms with E-state index in [1.54, 1.807) is 12.3 Å². The summed E-state index contributed by atoms with van der Waals surface area (Å²) in [7, 11) is 0. The Morgan fingerprint density at radius 1 is 1.89 bits per heavy atom. The number of rotatable bonds is 2. The third-order valence-electron chi connectivity index (χ3n) is 1.25. The normalized spacial score (nSPS) is 24.4. The van der Waals surface area contributed by atoms with Crippen molar-refractivity contribution >= 4 is 6.29 Å². The van der Waals surface area contributed by atoms with Gasteiger partial charge in [0.15, 0.2) is 12.4 Å². The molecule has 1 heterocycles. The molecule has 2 heteroatoms. The van der Waals surface area contributed by atoms with E-state index in [2.05, 4.69) is 6.58 Å². The number of hydrogen-bond donors (Lipinski definition) is 0. The minimum Gasteiger partial charge on any atom is -0.490 e. The van der Waals surface area contributed by atoms with Gasteiger partial charge in [0.1, 0.15) is 0 Å². The smallest absolute Gasteiger partial charge is 0.160 e. The minimum atomic E-state index is -0.266. The fraction of sp³-hybridized carbons (Fsp3) is 0.286. The molecule has 0 saturated carbocycles. The van der Waals surface area contributed by atoms with Crippen LogP contribution in [-0.4, -0.2) is 12.4 Å². The summed E-state index contributed by atoms with van der Waals surface area (Å²) in [5, 5.41) is 0. The SMILES string of the molecule is C=CC1=COC(C=O)C1. The molecule has 0 amide bonds. The first-order valence-electron chi connectivity index (χ1n) is 2.79. The maximum absolute atomic E-state index is 10.1. The summed E-state index contributed by atoms with van der Waals surface area (Å²) >= 11 is 0. The molecule has 0 aromatic carbocycles. The van der Waals surface area contributed by atoms with E-state index in [0.717, 1.165) is 11.9 Å². The van der Waals surface area contributed by atoms with Crippen LogP contribution < -0.4 is 0 Å². The van der Waals surface area contributed by atoms with Gasteiger partial charge in [0.05, 0.1) is 6.26 Å². The van der Waals surface area contributed by atoms with Gasteiger partial charge < -0.3 is 4.74 Å². The maximum atomic E-state index is 10.1. The molecular weight excluding hydrogens is 116 g/mol. The Bertz CT molecular complexity index is 158. The van der Waals surface area contributed by atoms with Gasteiger partial charge in [-0.2, -0.15) is 0 Å². The average molecular weight is 124 g/mol. The zero-order valence-electron chi connectivity index (χ0n) is 5.04. The van der Waals surface area contributed by atoms with Crippen molar-refractivity contribution in [2.75, 3.05) is 0 Å². The van der Waals surface area contributed by atoms with Crippen molar-refractivity contribution in [2.24, 2.45) is 0 Å². The van der Waals surface area contributed by atoms with Crippen molar-refractivity contribution in [3.8, 4) is 0 Å². The van der Waals surface area contributed by atoms with Crippen molar-refractivity contribution in [3.63, 3.8) is 0 Å². The molecule has 1 unspecified atom stereocenters. The quantitative estimate of drug-likeness (QED) is 0.514. The molecule has 1 rings (SSSR count). The van der Waals surface area contributed by atoms with Gasteiger partial charge in [0, 0.05) is 6.42 Å². The molecule has 1 aliphatic heterocycles. The van der Waals surface area contributed by atoms with Crippen LogP contribution in [0.5, 0.6) is 0 Å². The van der Waals surface area contributed by atoms with E-state index >= 15 is 0 Å². The Morgan fingerprint density at radius 2 is 2.67 bits per heavy atom. The third kappa shape index (κ3) is 1.19. The van der Waals surface area contributed by atoms with Crippen molar-refractivity contribution in [3.05, 3.63) is 24.5 Å². The summed E-state index contributed by atoms with van der Waals surface area (Å²) in [6.07, 6.45) is 4.48. The number of allylic oxidation sites excluding steroid dienone is 1. The number of carbonyl (C=O) groups is 1. The lowest BCUT2D eigenvalue weighted by atomic mass is 10.2. The van der Waals surface area contributed by atoms with E-state index in [-0.39, 0.29) is 6.10 Å². The standard InChI is InChI=1S/C7H8O2/c1-2-6-3-7(4-8)9-5-6/h2,4-5,7H,1,3H2. The molecule has 2 nitrogen and oxygen atoms in total. The van der Waals surface area contributed by atoms with Gasteiger partial charge in [0.2, 0.25) is 0 Å². The topological polar surface area (TPSA) is 26.3 Å². The van der Waals surface area contributed by atoms with Gasteiger partial charge >= 0.3 is 0 Å². The summed E-state index contributed by atoms with van der Waals surface area (Å²) in [5.41, 5.74) is 0.993. The fourth-order valence-corrected chi connectivity index (χ4v) is 0.715. The molecule has 0 aliphatic carbocycles. The molecule has 1 atom stereocenters. The van der Waals surface area contributed by atoms with Crippen LogP contribution in [0.2, 0.25) is 0 Å². The highest BCUT2D eigenvalue weighted by molar-refractivity contribution is 5.58. The third-order valence-corrected chi connectivity index (χ3v) is 1.25. The lowest BCUT2D eigenvalue weighted by molar-refractivity contribution is -0.114. The second kappa shape index (κ2) is 2.49. The number of hydrogen-bond acceptors (Lipinski definition) is 2. The van der Waals surface area contributed by atoms with Gasteiger partial charge in [0.25, 0.3) is 0 Å². The van der Waals surface area contributed by atoms with Crippen LogP contribution in [0.4, 0.5) is 0 Å². The molecule has 0 spiro atoms. The molecule has 48 valence electrons. The van der Waals surface area contributed by atoms with Gasteiger partial charge in [-0.3, -0.25) is 4.79 Å². The monoisotopic (exact) mass is 124 g/mol. The predicted molar refractivity (Wildman–Crippen MR) is 33.8 cm³/mol. The van der Waals surface area contributed by atoms with E-state index < -0.39 is 0 Å². The van der Waals surface area contributed by atoms with Crippen LogP contribution in [0.15, 0.2) is 24.5 Å². The minimum absolute atomic E-state index is 0.266. The Kier molecular flexibility index (Phi) is 1.68. The summed E-state index contributed by atoms with van der Waals surface area (Å²) < 4.78 is 4.90. The molecule has 0 aromatic rings. The number of carbonyl (C=O) groups excluding carboxylic acids is 1. The van der Waals surface area contributed by atoms with Crippen LogP contribution >= 0.6 is 0 Å². The van der Waals surface area contributed by atoms with Crippen molar-refractivity contribution in [1.29, 1.82) is 0 Å². The van der Waals surface area contributed by atoms with E-state index in [0.29, 0.717) is 6.42 Å². The summed E-state index contributed by atoms with van der Waals surface area (Å²) in [4.78, 5) is 10.1. The second-order valence-electron chi connectivity index (χ2n) is 1.91. The van der Waals surface area contributed by atoms with Gasteiger partial charge in [-0.15, -0.1) is 0 Å². The second-order valence-corrected chi connectivity index (χ2v) is 1.91. The lowest BCUT2D eigenvalue weighted by Crippen LogP contribution is -2.05. The predicted octanol–water partition coefficient (Wildman–Crippen LogP) is 1.04. The molecule has 0 saturated heterocycles. The zero-order chi connectivity index (χ0) is 6.69. The summed E-state index contributed by atoms with van der Waals surface area (Å²) in [6.45, 7) is 3.55. The highest BCUT2D eigenvalue weighted by Gasteiger charge is 2.14. The van der Waals surface area contributed by atoms with Crippen LogP contribution in [-0.2, 0) is 9.53 Å². The zero-order valence-corrected chi connectivity index (χ0v) is 5.04. The molecule has 9 heavy (non-hydrogen) atoms.